The van der Waals surface area contributed by atoms with Crippen molar-refractivity contribution in [3.63, 3.8) is 0 Å². The number of para-hydroxylation sites is 1. The largest absolute Gasteiger partial charge is 0.350 e. The smallest absolute Gasteiger partial charge is 0.227 e. The molecular formula is C21H23N5O2. The number of benzene rings is 1. The number of aromatic nitrogens is 3. The Bertz CT molecular complexity index is 1060. The molecule has 144 valence electrons. The van der Waals surface area contributed by atoms with E-state index in [1.807, 2.05) is 41.2 Å². The summed E-state index contributed by atoms with van der Waals surface area (Å²) in [6, 6.07) is 8.35. The van der Waals surface area contributed by atoms with Gasteiger partial charge in [-0.1, -0.05) is 18.2 Å². The van der Waals surface area contributed by atoms with Crippen LogP contribution in [0, 0.1) is 0 Å². The summed E-state index contributed by atoms with van der Waals surface area (Å²) >= 11 is 0. The Kier molecular flexibility index (Phi) is 3.96. The van der Waals surface area contributed by atoms with E-state index < -0.39 is 0 Å². The van der Waals surface area contributed by atoms with Gasteiger partial charge in [0.25, 0.3) is 0 Å². The second-order valence-corrected chi connectivity index (χ2v) is 7.74. The van der Waals surface area contributed by atoms with Crippen LogP contribution in [0.4, 0.5) is 5.69 Å². The van der Waals surface area contributed by atoms with Gasteiger partial charge in [-0.2, -0.15) is 5.10 Å². The van der Waals surface area contributed by atoms with Crippen molar-refractivity contribution in [1.29, 1.82) is 0 Å². The maximum absolute atomic E-state index is 12.7. The number of hydrogen-bond donors (Lipinski definition) is 0. The van der Waals surface area contributed by atoms with Crippen molar-refractivity contribution in [1.82, 2.24) is 19.2 Å². The van der Waals surface area contributed by atoms with Crippen molar-refractivity contribution in [2.75, 3.05) is 24.5 Å². The molecule has 0 aliphatic carbocycles. The highest BCUT2D eigenvalue weighted by molar-refractivity contribution is 5.95. The topological polar surface area (TPSA) is 63.4 Å². The third-order valence-corrected chi connectivity index (χ3v) is 5.88. The SMILES string of the molecule is Cn1cc(CC(=O)N2CC(n3cc(N4CCCC4=O)cn3)C2)c2ccccc21. The van der Waals surface area contributed by atoms with E-state index in [0.717, 1.165) is 35.1 Å². The highest BCUT2D eigenvalue weighted by Gasteiger charge is 2.33. The third kappa shape index (κ3) is 2.78. The van der Waals surface area contributed by atoms with E-state index in [1.165, 1.54) is 0 Å². The minimum Gasteiger partial charge on any atom is -0.350 e. The van der Waals surface area contributed by atoms with Crippen molar-refractivity contribution < 1.29 is 9.59 Å². The summed E-state index contributed by atoms with van der Waals surface area (Å²) in [4.78, 5) is 28.3. The van der Waals surface area contributed by atoms with E-state index in [0.29, 0.717) is 25.9 Å². The van der Waals surface area contributed by atoms with Crippen LogP contribution in [0.25, 0.3) is 10.9 Å². The lowest BCUT2D eigenvalue weighted by Crippen LogP contribution is -2.51. The van der Waals surface area contributed by atoms with Crippen LogP contribution < -0.4 is 4.90 Å². The molecule has 2 fully saturated rings. The number of likely N-dealkylation sites (tertiary alicyclic amines) is 1. The zero-order valence-electron chi connectivity index (χ0n) is 15.9. The summed E-state index contributed by atoms with van der Waals surface area (Å²) in [5.41, 5.74) is 3.08. The zero-order chi connectivity index (χ0) is 19.3. The van der Waals surface area contributed by atoms with Crippen LogP contribution in [-0.2, 0) is 23.1 Å². The first-order valence-corrected chi connectivity index (χ1v) is 9.75. The van der Waals surface area contributed by atoms with Crippen LogP contribution >= 0.6 is 0 Å². The number of hydrogen-bond acceptors (Lipinski definition) is 3. The number of amides is 2. The molecular weight excluding hydrogens is 354 g/mol. The molecule has 28 heavy (non-hydrogen) atoms. The highest BCUT2D eigenvalue weighted by atomic mass is 16.2. The van der Waals surface area contributed by atoms with Gasteiger partial charge < -0.3 is 14.4 Å². The van der Waals surface area contributed by atoms with Gasteiger partial charge in [0.05, 0.1) is 24.3 Å². The Morgan fingerprint density at radius 1 is 1.21 bits per heavy atom. The molecule has 0 saturated carbocycles. The van der Waals surface area contributed by atoms with Crippen LogP contribution in [0.1, 0.15) is 24.4 Å². The normalized spacial score (nSPS) is 17.5. The molecule has 0 atom stereocenters. The van der Waals surface area contributed by atoms with Crippen LogP contribution in [0.2, 0.25) is 0 Å². The Hall–Kier alpha value is -3.09. The molecule has 7 nitrogen and oxygen atoms in total. The van der Waals surface area contributed by atoms with Gasteiger partial charge in [0.2, 0.25) is 11.8 Å². The second kappa shape index (κ2) is 6.51. The summed E-state index contributed by atoms with van der Waals surface area (Å²) in [5, 5.41) is 5.56. The summed E-state index contributed by atoms with van der Waals surface area (Å²) < 4.78 is 3.96. The number of anilines is 1. The maximum atomic E-state index is 12.7. The average molecular weight is 377 g/mol. The molecule has 0 bridgehead atoms. The van der Waals surface area contributed by atoms with E-state index in [-0.39, 0.29) is 17.9 Å². The number of carbonyl (C=O) groups is 2. The number of rotatable bonds is 4. The Morgan fingerprint density at radius 2 is 2.04 bits per heavy atom. The Balaban J connectivity index is 1.23. The summed E-state index contributed by atoms with van der Waals surface area (Å²) in [6.45, 7) is 2.10. The molecule has 3 aromatic rings. The first-order chi connectivity index (χ1) is 13.6. The lowest BCUT2D eigenvalue weighted by molar-refractivity contribution is -0.136. The molecule has 0 unspecified atom stereocenters. The fourth-order valence-corrected chi connectivity index (χ4v) is 4.26. The van der Waals surface area contributed by atoms with E-state index in [2.05, 4.69) is 21.8 Å². The molecule has 2 aromatic heterocycles. The Labute approximate surface area is 163 Å². The van der Waals surface area contributed by atoms with Gasteiger partial charge in [-0.15, -0.1) is 0 Å². The maximum Gasteiger partial charge on any atom is 0.227 e. The van der Waals surface area contributed by atoms with Crippen molar-refractivity contribution in [3.05, 3.63) is 48.4 Å². The lowest BCUT2D eigenvalue weighted by atomic mass is 10.1. The van der Waals surface area contributed by atoms with Gasteiger partial charge in [0, 0.05) is 56.4 Å². The molecule has 0 spiro atoms. The minimum atomic E-state index is 0.148. The fraction of sp³-hybridized carbons (Fsp3) is 0.381. The van der Waals surface area contributed by atoms with E-state index >= 15 is 0 Å². The molecule has 2 saturated heterocycles. The zero-order valence-corrected chi connectivity index (χ0v) is 15.9. The van der Waals surface area contributed by atoms with E-state index in [4.69, 9.17) is 0 Å². The van der Waals surface area contributed by atoms with Crippen molar-refractivity contribution in [2.45, 2.75) is 25.3 Å². The lowest BCUT2D eigenvalue weighted by Gasteiger charge is -2.39. The molecule has 0 N–H and O–H groups in total. The van der Waals surface area contributed by atoms with Gasteiger partial charge in [-0.25, -0.2) is 0 Å². The Morgan fingerprint density at radius 3 is 2.82 bits per heavy atom. The second-order valence-electron chi connectivity index (χ2n) is 7.74. The number of fused-ring (bicyclic) bond motifs is 1. The standard InChI is InChI=1S/C21H23N5O2/c1-23-11-15(18-5-2-3-6-19(18)23)9-21(28)24-12-17(13-24)26-14-16(10-22-26)25-8-4-7-20(25)27/h2-3,5-6,10-11,14,17H,4,7-9,12-13H2,1H3. The molecule has 2 aliphatic heterocycles. The van der Waals surface area contributed by atoms with Crippen molar-refractivity contribution in [2.24, 2.45) is 7.05 Å². The molecule has 0 radical (unpaired) electrons. The molecule has 7 heteroatoms. The average Bonchev–Trinajstić information content (AvgIpc) is 3.35. The summed E-state index contributed by atoms with van der Waals surface area (Å²) in [5.74, 6) is 0.315. The molecule has 1 aromatic carbocycles. The van der Waals surface area contributed by atoms with Gasteiger partial charge in [0.1, 0.15) is 0 Å². The van der Waals surface area contributed by atoms with Gasteiger partial charge in [0.15, 0.2) is 0 Å². The van der Waals surface area contributed by atoms with Gasteiger partial charge in [-0.05, 0) is 18.1 Å². The van der Waals surface area contributed by atoms with Gasteiger partial charge >= 0.3 is 0 Å². The molecule has 2 amide bonds. The fourth-order valence-electron chi connectivity index (χ4n) is 4.26. The van der Waals surface area contributed by atoms with Crippen LogP contribution in [0.3, 0.4) is 0 Å². The highest BCUT2D eigenvalue weighted by Crippen LogP contribution is 2.27. The first-order valence-electron chi connectivity index (χ1n) is 9.75. The van der Waals surface area contributed by atoms with E-state index in [1.54, 1.807) is 11.1 Å². The summed E-state index contributed by atoms with van der Waals surface area (Å²) in [7, 11) is 2.01. The quantitative estimate of drug-likeness (QED) is 0.700. The number of aryl methyl sites for hydroxylation is 1. The first kappa shape index (κ1) is 17.0. The summed E-state index contributed by atoms with van der Waals surface area (Å²) in [6.07, 6.45) is 7.67. The molecule has 4 heterocycles. The monoisotopic (exact) mass is 377 g/mol. The third-order valence-electron chi connectivity index (χ3n) is 5.88. The van der Waals surface area contributed by atoms with Crippen LogP contribution in [-0.4, -0.2) is 50.7 Å². The van der Waals surface area contributed by atoms with Crippen molar-refractivity contribution in [3.8, 4) is 0 Å². The molecule has 5 rings (SSSR count). The van der Waals surface area contributed by atoms with Gasteiger partial charge in [-0.3, -0.25) is 14.3 Å². The number of nitrogens with zero attached hydrogens (tertiary/aromatic N) is 5. The predicted octanol–water partition coefficient (Wildman–Crippen LogP) is 2.13. The molecule has 2 aliphatic rings. The van der Waals surface area contributed by atoms with Crippen LogP contribution in [0.15, 0.2) is 42.9 Å². The van der Waals surface area contributed by atoms with Crippen LogP contribution in [0.5, 0.6) is 0 Å². The van der Waals surface area contributed by atoms with Crippen molar-refractivity contribution >= 4 is 28.4 Å². The van der Waals surface area contributed by atoms with E-state index in [9.17, 15) is 9.59 Å². The predicted molar refractivity (Wildman–Crippen MR) is 106 cm³/mol. The minimum absolute atomic E-state index is 0.148. The number of carbonyl (C=O) groups excluding carboxylic acids is 2.